The van der Waals surface area contributed by atoms with Crippen molar-refractivity contribution in [2.45, 2.75) is 6.92 Å². The quantitative estimate of drug-likeness (QED) is 0.600. The van der Waals surface area contributed by atoms with Crippen LogP contribution in [0.4, 0.5) is 0 Å². The van der Waals surface area contributed by atoms with Gasteiger partial charge in [0.25, 0.3) is 5.56 Å². The van der Waals surface area contributed by atoms with E-state index in [1.165, 1.54) is 6.07 Å². The molecule has 0 saturated heterocycles. The van der Waals surface area contributed by atoms with Crippen molar-refractivity contribution < 1.29 is 0 Å². The molecule has 0 saturated carbocycles. The molecule has 0 aliphatic rings. The van der Waals surface area contributed by atoms with Crippen molar-refractivity contribution >= 4 is 16.7 Å². The highest BCUT2D eigenvalue weighted by Gasteiger charge is 2.14. The van der Waals surface area contributed by atoms with Gasteiger partial charge in [0.1, 0.15) is 11.7 Å². The van der Waals surface area contributed by atoms with Crippen LogP contribution in [0.15, 0.2) is 35.1 Å². The van der Waals surface area contributed by atoms with E-state index in [4.69, 9.17) is 0 Å². The van der Waals surface area contributed by atoms with Gasteiger partial charge in [0.05, 0.1) is 16.6 Å². The molecule has 0 aliphatic heterocycles. The molecule has 0 aliphatic carbocycles. The summed E-state index contributed by atoms with van der Waals surface area (Å²) in [6, 6.07) is 11.3. The second-order valence-electron chi connectivity index (χ2n) is 4.36. The van der Waals surface area contributed by atoms with Crippen LogP contribution in [0.1, 0.15) is 11.1 Å². The minimum absolute atomic E-state index is 0.0988. The van der Waals surface area contributed by atoms with Crippen molar-refractivity contribution in [2.24, 2.45) is 7.05 Å². The van der Waals surface area contributed by atoms with Crippen LogP contribution < -0.4 is 5.56 Å². The fourth-order valence-electron chi connectivity index (χ4n) is 2.45. The number of nitriles is 1. The van der Waals surface area contributed by atoms with Gasteiger partial charge >= 0.3 is 0 Å². The first-order chi connectivity index (χ1) is 8.65. The Kier molecular flexibility index (Phi) is 2.05. The van der Waals surface area contributed by atoms with E-state index in [2.05, 4.69) is 6.07 Å². The summed E-state index contributed by atoms with van der Waals surface area (Å²) in [4.78, 5) is 12.1. The van der Waals surface area contributed by atoms with Crippen molar-refractivity contribution in [3.8, 4) is 6.07 Å². The molecule has 1 aromatic carbocycles. The average Bonchev–Trinajstić information content (AvgIpc) is 2.65. The Labute approximate surface area is 103 Å². The van der Waals surface area contributed by atoms with Gasteiger partial charge in [-0.1, -0.05) is 12.1 Å². The summed E-state index contributed by atoms with van der Waals surface area (Å²) in [7, 11) is 1.87. The summed E-state index contributed by atoms with van der Waals surface area (Å²) in [5.41, 5.74) is 3.59. The Morgan fingerprint density at radius 2 is 1.89 bits per heavy atom. The molecule has 2 aromatic heterocycles. The van der Waals surface area contributed by atoms with E-state index in [1.807, 2.05) is 35.9 Å². The molecule has 4 heteroatoms. The topological polar surface area (TPSA) is 50.2 Å². The van der Waals surface area contributed by atoms with Gasteiger partial charge in [-0.25, -0.2) is 0 Å². The first kappa shape index (κ1) is 10.6. The van der Waals surface area contributed by atoms with Crippen molar-refractivity contribution in [2.75, 3.05) is 0 Å². The molecule has 0 atom stereocenters. The first-order valence-corrected chi connectivity index (χ1v) is 5.65. The maximum atomic E-state index is 12.1. The maximum Gasteiger partial charge on any atom is 0.257 e. The lowest BCUT2D eigenvalue weighted by molar-refractivity contribution is 0.968. The molecule has 0 bridgehead atoms. The number of hydrogen-bond acceptors (Lipinski definition) is 2. The number of hydrogen-bond donors (Lipinski definition) is 0. The summed E-state index contributed by atoms with van der Waals surface area (Å²) in [6.45, 7) is 1.79. The van der Waals surface area contributed by atoms with E-state index < -0.39 is 0 Å². The molecule has 0 amide bonds. The largest absolute Gasteiger partial charge is 0.328 e. The Morgan fingerprint density at radius 3 is 2.56 bits per heavy atom. The van der Waals surface area contributed by atoms with E-state index in [0.717, 1.165) is 11.0 Å². The van der Waals surface area contributed by atoms with Gasteiger partial charge in [0.2, 0.25) is 0 Å². The fraction of sp³-hybridized carbons (Fsp3) is 0.143. The van der Waals surface area contributed by atoms with Crippen LogP contribution in [0, 0.1) is 18.3 Å². The predicted octanol–water partition coefficient (Wildman–Crippen LogP) is 1.97. The summed E-state index contributed by atoms with van der Waals surface area (Å²) in [5.74, 6) is 0. The van der Waals surface area contributed by atoms with Crippen LogP contribution in [-0.2, 0) is 7.05 Å². The van der Waals surface area contributed by atoms with Crippen LogP contribution >= 0.6 is 0 Å². The lowest BCUT2D eigenvalue weighted by atomic mass is 10.1. The zero-order chi connectivity index (χ0) is 12.9. The lowest BCUT2D eigenvalue weighted by Crippen LogP contribution is -2.14. The first-order valence-electron chi connectivity index (χ1n) is 5.65. The standard InChI is InChI=1S/C14H11N3O/c1-9-7-13(18)17-12-6-4-3-5-11(12)16(2)14(17)10(9)8-15/h3-7H,1-2H3. The van der Waals surface area contributed by atoms with E-state index in [-0.39, 0.29) is 5.56 Å². The van der Waals surface area contributed by atoms with Crippen LogP contribution in [0.2, 0.25) is 0 Å². The van der Waals surface area contributed by atoms with Crippen molar-refractivity contribution in [3.63, 3.8) is 0 Å². The van der Waals surface area contributed by atoms with Crippen molar-refractivity contribution in [1.29, 1.82) is 5.26 Å². The summed E-state index contributed by atoms with van der Waals surface area (Å²) in [6.07, 6.45) is 0. The second-order valence-corrected chi connectivity index (χ2v) is 4.36. The number of aromatic nitrogens is 2. The van der Waals surface area contributed by atoms with E-state index in [0.29, 0.717) is 16.8 Å². The number of rotatable bonds is 0. The zero-order valence-corrected chi connectivity index (χ0v) is 10.1. The smallest absolute Gasteiger partial charge is 0.257 e. The van der Waals surface area contributed by atoms with Gasteiger partial charge in [-0.2, -0.15) is 5.26 Å². The molecule has 0 fully saturated rings. The summed E-state index contributed by atoms with van der Waals surface area (Å²) < 4.78 is 3.49. The lowest BCUT2D eigenvalue weighted by Gasteiger charge is -2.02. The van der Waals surface area contributed by atoms with Gasteiger partial charge in [0.15, 0.2) is 0 Å². The second kappa shape index (κ2) is 3.47. The van der Waals surface area contributed by atoms with Gasteiger partial charge in [0, 0.05) is 13.1 Å². The molecule has 4 nitrogen and oxygen atoms in total. The van der Waals surface area contributed by atoms with Crippen molar-refractivity contribution in [3.05, 3.63) is 51.8 Å². The molecule has 3 rings (SSSR count). The Balaban J connectivity index is 2.77. The molecule has 18 heavy (non-hydrogen) atoms. The zero-order valence-electron chi connectivity index (χ0n) is 10.1. The number of benzene rings is 1. The Bertz CT molecular complexity index is 878. The van der Waals surface area contributed by atoms with Crippen LogP contribution in [0.3, 0.4) is 0 Å². The monoisotopic (exact) mass is 237 g/mol. The molecule has 3 aromatic rings. The predicted molar refractivity (Wildman–Crippen MR) is 69.6 cm³/mol. The highest BCUT2D eigenvalue weighted by molar-refractivity contribution is 5.83. The van der Waals surface area contributed by atoms with E-state index >= 15 is 0 Å². The van der Waals surface area contributed by atoms with Crippen LogP contribution in [0.5, 0.6) is 0 Å². The number of fused-ring (bicyclic) bond motifs is 3. The van der Waals surface area contributed by atoms with Crippen LogP contribution in [0.25, 0.3) is 16.7 Å². The van der Waals surface area contributed by atoms with Gasteiger partial charge in [-0.3, -0.25) is 9.20 Å². The summed E-state index contributed by atoms with van der Waals surface area (Å²) >= 11 is 0. The average molecular weight is 237 g/mol. The van der Waals surface area contributed by atoms with E-state index in [9.17, 15) is 10.1 Å². The normalized spacial score (nSPS) is 10.9. The number of imidazole rings is 1. The molecule has 88 valence electrons. The van der Waals surface area contributed by atoms with Gasteiger partial charge in [-0.15, -0.1) is 0 Å². The third-order valence-electron chi connectivity index (χ3n) is 3.30. The Hall–Kier alpha value is -2.54. The highest BCUT2D eigenvalue weighted by Crippen LogP contribution is 2.21. The van der Waals surface area contributed by atoms with E-state index in [1.54, 1.807) is 11.3 Å². The van der Waals surface area contributed by atoms with Gasteiger partial charge < -0.3 is 4.57 Å². The Morgan fingerprint density at radius 1 is 1.22 bits per heavy atom. The SMILES string of the molecule is Cc1cc(=O)n2c3ccccc3n(C)c2c1C#N. The third-order valence-corrected chi connectivity index (χ3v) is 3.30. The molecule has 0 unspecified atom stereocenters. The van der Waals surface area contributed by atoms with Gasteiger partial charge in [-0.05, 0) is 24.6 Å². The summed E-state index contributed by atoms with van der Waals surface area (Å²) in [5, 5.41) is 9.28. The van der Waals surface area contributed by atoms with Crippen LogP contribution in [-0.4, -0.2) is 8.97 Å². The molecule has 0 spiro atoms. The fourth-order valence-corrected chi connectivity index (χ4v) is 2.45. The molecule has 2 heterocycles. The maximum absolute atomic E-state index is 12.1. The third kappa shape index (κ3) is 1.16. The molecule has 0 N–H and O–H groups in total. The number of pyridine rings is 1. The number of nitrogens with zero attached hydrogens (tertiary/aromatic N) is 3. The minimum Gasteiger partial charge on any atom is -0.328 e. The molecular formula is C14H11N3O. The van der Waals surface area contributed by atoms with Crippen molar-refractivity contribution in [1.82, 2.24) is 8.97 Å². The number of aryl methyl sites for hydroxylation is 2. The number of para-hydroxylation sites is 2. The highest BCUT2D eigenvalue weighted by atomic mass is 16.1. The minimum atomic E-state index is -0.0988. The molecule has 0 radical (unpaired) electrons. The molecular weight excluding hydrogens is 226 g/mol.